The predicted molar refractivity (Wildman–Crippen MR) is 88.6 cm³/mol. The number of aliphatic hydroxyl groups is 1. The molecule has 9 nitrogen and oxygen atoms in total. The standard InChI is InChI=1S/C13H22N8O/c1-13(2,22)6-17-12-19-8-7(10(15-4)21-12)18-11(16-5)20-9(8)14-3/h22H,6H2,1-5H3,(H2,14,16,18,20)(H2,15,17,19,21). The Morgan fingerprint density at radius 3 is 1.77 bits per heavy atom. The molecule has 0 aromatic carbocycles. The second-order valence-corrected chi connectivity index (χ2v) is 5.40. The van der Waals surface area contributed by atoms with E-state index in [1.54, 1.807) is 35.0 Å². The Labute approximate surface area is 129 Å². The van der Waals surface area contributed by atoms with Crippen molar-refractivity contribution in [3.63, 3.8) is 0 Å². The van der Waals surface area contributed by atoms with Crippen LogP contribution < -0.4 is 21.3 Å². The van der Waals surface area contributed by atoms with Gasteiger partial charge in [-0.15, -0.1) is 0 Å². The smallest absolute Gasteiger partial charge is 0.225 e. The fourth-order valence-corrected chi connectivity index (χ4v) is 1.85. The van der Waals surface area contributed by atoms with Crippen LogP contribution in [0.25, 0.3) is 11.0 Å². The summed E-state index contributed by atoms with van der Waals surface area (Å²) in [4.78, 5) is 17.6. The number of nitrogens with one attached hydrogen (secondary N) is 4. The molecule has 0 aliphatic rings. The first-order valence-corrected chi connectivity index (χ1v) is 6.97. The summed E-state index contributed by atoms with van der Waals surface area (Å²) in [7, 11) is 5.29. The average molecular weight is 306 g/mol. The first-order valence-electron chi connectivity index (χ1n) is 6.97. The highest BCUT2D eigenvalue weighted by Gasteiger charge is 2.17. The van der Waals surface area contributed by atoms with Crippen molar-refractivity contribution in [1.29, 1.82) is 0 Å². The molecule has 5 N–H and O–H groups in total. The Morgan fingerprint density at radius 2 is 1.32 bits per heavy atom. The third kappa shape index (κ3) is 3.42. The maximum absolute atomic E-state index is 9.81. The second-order valence-electron chi connectivity index (χ2n) is 5.40. The SMILES string of the molecule is CNc1nc(NC)c2nc(NCC(C)(C)O)nc(NC)c2n1. The van der Waals surface area contributed by atoms with Crippen LogP contribution in [-0.4, -0.2) is 58.3 Å². The Balaban J connectivity index is 2.54. The van der Waals surface area contributed by atoms with Crippen LogP contribution in [0.5, 0.6) is 0 Å². The largest absolute Gasteiger partial charge is 0.389 e. The number of fused-ring (bicyclic) bond motifs is 1. The fraction of sp³-hybridized carbons (Fsp3) is 0.538. The molecule has 0 aliphatic carbocycles. The molecule has 0 unspecified atom stereocenters. The number of nitrogens with zero attached hydrogens (tertiary/aromatic N) is 4. The van der Waals surface area contributed by atoms with Gasteiger partial charge in [-0.05, 0) is 13.8 Å². The van der Waals surface area contributed by atoms with Crippen molar-refractivity contribution >= 4 is 34.6 Å². The van der Waals surface area contributed by atoms with Crippen LogP contribution in [0.2, 0.25) is 0 Å². The Kier molecular flexibility index (Phi) is 4.45. The van der Waals surface area contributed by atoms with Crippen molar-refractivity contribution in [2.45, 2.75) is 19.4 Å². The lowest BCUT2D eigenvalue weighted by Crippen LogP contribution is -2.30. The molecular weight excluding hydrogens is 284 g/mol. The summed E-state index contributed by atoms with van der Waals surface area (Å²) in [5, 5.41) is 21.8. The van der Waals surface area contributed by atoms with Gasteiger partial charge in [0.15, 0.2) is 11.6 Å². The number of hydrogen-bond acceptors (Lipinski definition) is 9. The zero-order valence-corrected chi connectivity index (χ0v) is 13.4. The molecule has 9 heteroatoms. The van der Waals surface area contributed by atoms with Crippen molar-refractivity contribution in [3.8, 4) is 0 Å². The van der Waals surface area contributed by atoms with E-state index < -0.39 is 5.60 Å². The maximum atomic E-state index is 9.81. The van der Waals surface area contributed by atoms with E-state index in [9.17, 15) is 5.11 Å². The minimum absolute atomic E-state index is 0.325. The van der Waals surface area contributed by atoms with Gasteiger partial charge in [0.25, 0.3) is 0 Å². The van der Waals surface area contributed by atoms with E-state index in [1.807, 2.05) is 0 Å². The minimum atomic E-state index is -0.865. The summed E-state index contributed by atoms with van der Waals surface area (Å²) in [6.07, 6.45) is 0. The van der Waals surface area contributed by atoms with Gasteiger partial charge in [0.05, 0.1) is 5.60 Å². The van der Waals surface area contributed by atoms with Crippen LogP contribution >= 0.6 is 0 Å². The molecule has 0 radical (unpaired) electrons. The summed E-state index contributed by atoms with van der Waals surface area (Å²) in [5.74, 6) is 2.06. The molecule has 0 amide bonds. The van der Waals surface area contributed by atoms with Gasteiger partial charge < -0.3 is 26.4 Å². The molecule has 0 aliphatic heterocycles. The van der Waals surface area contributed by atoms with Crippen LogP contribution in [0.4, 0.5) is 23.5 Å². The molecule has 0 fully saturated rings. The lowest BCUT2D eigenvalue weighted by atomic mass is 10.1. The zero-order valence-electron chi connectivity index (χ0n) is 13.4. The van der Waals surface area contributed by atoms with Crippen molar-refractivity contribution in [3.05, 3.63) is 0 Å². The second kappa shape index (κ2) is 6.14. The molecule has 2 heterocycles. The van der Waals surface area contributed by atoms with Gasteiger partial charge in [-0.1, -0.05) is 0 Å². The number of aromatic nitrogens is 4. The van der Waals surface area contributed by atoms with E-state index in [2.05, 4.69) is 41.2 Å². The average Bonchev–Trinajstić information content (AvgIpc) is 2.50. The van der Waals surface area contributed by atoms with Gasteiger partial charge in [-0.2, -0.15) is 9.97 Å². The Bertz CT molecular complexity index is 667. The van der Waals surface area contributed by atoms with E-state index in [-0.39, 0.29) is 0 Å². The van der Waals surface area contributed by atoms with Gasteiger partial charge in [-0.25, -0.2) is 9.97 Å². The minimum Gasteiger partial charge on any atom is -0.389 e. The van der Waals surface area contributed by atoms with Crippen LogP contribution in [0.1, 0.15) is 13.8 Å². The van der Waals surface area contributed by atoms with E-state index in [0.717, 1.165) is 0 Å². The summed E-state index contributed by atoms with van der Waals surface area (Å²) < 4.78 is 0. The van der Waals surface area contributed by atoms with Gasteiger partial charge in [0.2, 0.25) is 11.9 Å². The van der Waals surface area contributed by atoms with E-state index in [0.29, 0.717) is 41.1 Å². The number of anilines is 4. The van der Waals surface area contributed by atoms with Gasteiger partial charge in [0.1, 0.15) is 11.0 Å². The quantitative estimate of drug-likeness (QED) is 0.526. The van der Waals surface area contributed by atoms with Crippen molar-refractivity contribution in [2.24, 2.45) is 0 Å². The van der Waals surface area contributed by atoms with Crippen molar-refractivity contribution in [2.75, 3.05) is 49.0 Å². The molecule has 0 saturated carbocycles. The molecular formula is C13H22N8O. The Morgan fingerprint density at radius 1 is 0.818 bits per heavy atom. The number of hydrogen-bond donors (Lipinski definition) is 5. The van der Waals surface area contributed by atoms with Crippen LogP contribution in [0.15, 0.2) is 0 Å². The molecule has 2 rings (SSSR count). The molecule has 2 aromatic rings. The predicted octanol–water partition coefficient (Wildman–Crippen LogP) is 0.728. The van der Waals surface area contributed by atoms with Crippen molar-refractivity contribution < 1.29 is 5.11 Å². The lowest BCUT2D eigenvalue weighted by Gasteiger charge is -2.18. The van der Waals surface area contributed by atoms with Crippen LogP contribution in [0, 0.1) is 0 Å². The monoisotopic (exact) mass is 306 g/mol. The van der Waals surface area contributed by atoms with Crippen molar-refractivity contribution in [1.82, 2.24) is 19.9 Å². The molecule has 0 saturated heterocycles. The van der Waals surface area contributed by atoms with Crippen LogP contribution in [0.3, 0.4) is 0 Å². The molecule has 0 spiro atoms. The van der Waals surface area contributed by atoms with Crippen LogP contribution in [-0.2, 0) is 0 Å². The molecule has 2 aromatic heterocycles. The number of rotatable bonds is 6. The third-order valence-corrected chi connectivity index (χ3v) is 2.92. The molecule has 0 bridgehead atoms. The maximum Gasteiger partial charge on any atom is 0.225 e. The highest BCUT2D eigenvalue weighted by atomic mass is 16.3. The van der Waals surface area contributed by atoms with Gasteiger partial charge in [0, 0.05) is 27.7 Å². The lowest BCUT2D eigenvalue weighted by molar-refractivity contribution is 0.0943. The topological polar surface area (TPSA) is 120 Å². The molecule has 0 atom stereocenters. The zero-order chi connectivity index (χ0) is 16.3. The third-order valence-electron chi connectivity index (χ3n) is 2.92. The summed E-state index contributed by atoms with van der Waals surface area (Å²) >= 11 is 0. The van der Waals surface area contributed by atoms with Gasteiger partial charge in [-0.3, -0.25) is 0 Å². The molecule has 120 valence electrons. The first-order chi connectivity index (χ1) is 10.4. The summed E-state index contributed by atoms with van der Waals surface area (Å²) in [6, 6.07) is 0. The Hall–Kier alpha value is -2.42. The van der Waals surface area contributed by atoms with E-state index >= 15 is 0 Å². The van der Waals surface area contributed by atoms with E-state index in [4.69, 9.17) is 0 Å². The van der Waals surface area contributed by atoms with E-state index in [1.165, 1.54) is 0 Å². The fourth-order valence-electron chi connectivity index (χ4n) is 1.85. The first kappa shape index (κ1) is 16.0. The summed E-state index contributed by atoms with van der Waals surface area (Å²) in [6.45, 7) is 3.74. The summed E-state index contributed by atoms with van der Waals surface area (Å²) in [5.41, 5.74) is 0.343. The highest BCUT2D eigenvalue weighted by Crippen LogP contribution is 2.26. The highest BCUT2D eigenvalue weighted by molar-refractivity contribution is 5.94. The normalized spacial score (nSPS) is 11.4. The van der Waals surface area contributed by atoms with Gasteiger partial charge >= 0.3 is 0 Å². The molecule has 22 heavy (non-hydrogen) atoms.